The number of fused-ring (bicyclic) bond motifs is 1. The zero-order valence-electron chi connectivity index (χ0n) is 22.9. The number of hydrogen-bond donors (Lipinski definition) is 3. The van der Waals surface area contributed by atoms with Crippen molar-refractivity contribution in [3.63, 3.8) is 0 Å². The molecule has 3 amide bonds. The number of thiazole rings is 1. The van der Waals surface area contributed by atoms with Crippen molar-refractivity contribution in [2.24, 2.45) is 5.16 Å². The number of halogens is 2. The van der Waals surface area contributed by atoms with Crippen LogP contribution in [0.25, 0.3) is 0 Å². The summed E-state index contributed by atoms with van der Waals surface area (Å²) in [6.45, 7) is 4.16. The van der Waals surface area contributed by atoms with E-state index in [0.29, 0.717) is 0 Å². The molecule has 2 aliphatic heterocycles. The maximum absolute atomic E-state index is 13.2. The van der Waals surface area contributed by atoms with E-state index in [1.165, 1.54) is 43.1 Å². The largest absolute Gasteiger partial charge is 0.511 e. The number of rotatable bonds is 9. The lowest BCUT2D eigenvalue weighted by Gasteiger charge is -2.49. The third-order valence-electron chi connectivity index (χ3n) is 5.21. The Balaban J connectivity index is 0.00000441. The Hall–Kier alpha value is -3.48. The lowest BCUT2D eigenvalue weighted by Crippen LogP contribution is -2.71. The average molecular weight is 674 g/mol. The zero-order valence-corrected chi connectivity index (χ0v) is 26.2. The van der Waals surface area contributed by atoms with Crippen molar-refractivity contribution in [3.05, 3.63) is 22.3 Å². The minimum atomic E-state index is -1.38. The van der Waals surface area contributed by atoms with Gasteiger partial charge in [0.1, 0.15) is 29.4 Å². The molecule has 3 rings (SSSR count). The molecule has 1 aromatic heterocycles. The highest BCUT2D eigenvalue weighted by atomic mass is 35.5. The number of aromatic nitrogens is 1. The molecule has 234 valence electrons. The Morgan fingerprint density at radius 1 is 1.21 bits per heavy atom. The van der Waals surface area contributed by atoms with Gasteiger partial charge < -0.3 is 40.1 Å². The van der Waals surface area contributed by atoms with Gasteiger partial charge in [-0.25, -0.2) is 19.4 Å². The highest BCUT2D eigenvalue weighted by Crippen LogP contribution is 2.41. The van der Waals surface area contributed by atoms with E-state index < -0.39 is 59.6 Å². The van der Waals surface area contributed by atoms with Crippen LogP contribution in [0.5, 0.6) is 0 Å². The van der Waals surface area contributed by atoms with Crippen LogP contribution in [-0.4, -0.2) is 106 Å². The van der Waals surface area contributed by atoms with Gasteiger partial charge in [0.15, 0.2) is 10.8 Å². The normalized spacial score (nSPS) is 18.4. The topological polar surface area (TPSA) is 212 Å². The highest BCUT2D eigenvalue weighted by Gasteiger charge is 2.55. The van der Waals surface area contributed by atoms with E-state index in [4.69, 9.17) is 24.7 Å². The molecular formula is C22H30Cl2N6O10S2. The first-order chi connectivity index (χ1) is 18.8. The van der Waals surface area contributed by atoms with Gasteiger partial charge in [0, 0.05) is 37.7 Å². The van der Waals surface area contributed by atoms with Crippen LogP contribution in [0.1, 0.15) is 26.5 Å². The molecule has 0 aromatic carbocycles. The monoisotopic (exact) mass is 672 g/mol. The molecule has 1 fully saturated rings. The summed E-state index contributed by atoms with van der Waals surface area (Å²) in [5.41, 5.74) is 5.17. The Morgan fingerprint density at radius 3 is 2.43 bits per heavy atom. The zero-order chi connectivity index (χ0) is 29.7. The van der Waals surface area contributed by atoms with E-state index in [1.807, 2.05) is 0 Å². The SMILES string of the molecule is CC(C)OC(=O)OC(C)OC(=O)C1=C(COC(=O)N(C)C)CS[C@@H]2[C@H](NC(=O)/C(=N\O)c3csc(N)n3)C(=O)N12.Cl.Cl. The molecule has 20 heteroatoms. The van der Waals surface area contributed by atoms with Crippen molar-refractivity contribution in [2.75, 3.05) is 32.2 Å². The van der Waals surface area contributed by atoms with Gasteiger partial charge in [0.25, 0.3) is 11.8 Å². The first kappa shape index (κ1) is 36.5. The fourth-order valence-electron chi connectivity index (χ4n) is 3.47. The van der Waals surface area contributed by atoms with Crippen LogP contribution in [0.2, 0.25) is 0 Å². The Bertz CT molecular complexity index is 1260. The van der Waals surface area contributed by atoms with Crippen molar-refractivity contribution < 1.29 is 48.1 Å². The molecule has 0 saturated carbocycles. The molecular weight excluding hydrogens is 643 g/mol. The number of amides is 3. The molecule has 3 atom stereocenters. The fraction of sp³-hybridized carbons (Fsp3) is 0.500. The third-order valence-corrected chi connectivity index (χ3v) is 7.22. The molecule has 0 aliphatic carbocycles. The van der Waals surface area contributed by atoms with E-state index in [9.17, 15) is 29.2 Å². The number of carbonyl (C=O) groups excluding carboxylic acids is 5. The number of thioether (sulfide) groups is 1. The molecule has 0 radical (unpaired) electrons. The number of nitrogens with two attached hydrogens (primary N) is 1. The van der Waals surface area contributed by atoms with Crippen LogP contribution in [0.15, 0.2) is 21.8 Å². The van der Waals surface area contributed by atoms with Crippen LogP contribution in [-0.2, 0) is 33.3 Å². The summed E-state index contributed by atoms with van der Waals surface area (Å²) < 4.78 is 20.2. The lowest BCUT2D eigenvalue weighted by molar-refractivity contribution is -0.169. The molecule has 2 aliphatic rings. The number of anilines is 1. The van der Waals surface area contributed by atoms with Gasteiger partial charge in [-0.1, -0.05) is 5.16 Å². The minimum absolute atomic E-state index is 0. The van der Waals surface area contributed by atoms with Gasteiger partial charge in [-0.2, -0.15) is 0 Å². The number of β-lactam (4-membered cyclic amide) rings is 1. The Morgan fingerprint density at radius 2 is 1.88 bits per heavy atom. The number of nitrogens with one attached hydrogen (secondary N) is 1. The second-order valence-electron chi connectivity index (χ2n) is 8.79. The second kappa shape index (κ2) is 15.7. The number of hydrogen-bond acceptors (Lipinski definition) is 15. The van der Waals surface area contributed by atoms with Crippen LogP contribution in [0.4, 0.5) is 14.7 Å². The van der Waals surface area contributed by atoms with Crippen molar-refractivity contribution in [1.82, 2.24) is 20.1 Å². The summed E-state index contributed by atoms with van der Waals surface area (Å²) >= 11 is 2.22. The quantitative estimate of drug-likeness (QED) is 0.0647. The second-order valence-corrected chi connectivity index (χ2v) is 10.8. The number of esters is 1. The summed E-state index contributed by atoms with van der Waals surface area (Å²) in [5, 5.41) is 15.6. The van der Waals surface area contributed by atoms with E-state index in [2.05, 4.69) is 15.5 Å². The average Bonchev–Trinajstić information content (AvgIpc) is 3.30. The van der Waals surface area contributed by atoms with Crippen molar-refractivity contribution in [1.29, 1.82) is 0 Å². The molecule has 42 heavy (non-hydrogen) atoms. The van der Waals surface area contributed by atoms with E-state index >= 15 is 0 Å². The molecule has 16 nitrogen and oxygen atoms in total. The third kappa shape index (κ3) is 8.52. The summed E-state index contributed by atoms with van der Waals surface area (Å²) in [6.07, 6.45) is -3.60. The highest BCUT2D eigenvalue weighted by molar-refractivity contribution is 8.00. The number of ether oxygens (including phenoxy) is 4. The maximum Gasteiger partial charge on any atom is 0.511 e. The van der Waals surface area contributed by atoms with Gasteiger partial charge in [-0.15, -0.1) is 47.9 Å². The summed E-state index contributed by atoms with van der Waals surface area (Å²) in [6, 6.07) is -1.10. The first-order valence-corrected chi connectivity index (χ1v) is 13.6. The van der Waals surface area contributed by atoms with Crippen LogP contribution in [0, 0.1) is 0 Å². The predicted molar refractivity (Wildman–Crippen MR) is 155 cm³/mol. The molecule has 0 spiro atoms. The molecule has 4 N–H and O–H groups in total. The lowest BCUT2D eigenvalue weighted by atomic mass is 10.0. The molecule has 1 aromatic rings. The van der Waals surface area contributed by atoms with E-state index in [0.717, 1.165) is 16.2 Å². The van der Waals surface area contributed by atoms with Gasteiger partial charge in [0.05, 0.1) is 6.10 Å². The van der Waals surface area contributed by atoms with Gasteiger partial charge in [-0.05, 0) is 13.8 Å². The number of oxime groups is 1. The Labute approximate surface area is 260 Å². The minimum Gasteiger partial charge on any atom is -0.445 e. The van der Waals surface area contributed by atoms with Gasteiger partial charge >= 0.3 is 18.2 Å². The molecule has 1 unspecified atom stereocenters. The summed E-state index contributed by atoms with van der Waals surface area (Å²) in [5.74, 6) is -2.48. The summed E-state index contributed by atoms with van der Waals surface area (Å²) in [7, 11) is 2.95. The number of carbonyl (C=O) groups is 5. The van der Waals surface area contributed by atoms with Gasteiger partial charge in [-0.3, -0.25) is 14.5 Å². The van der Waals surface area contributed by atoms with Crippen LogP contribution in [0.3, 0.4) is 0 Å². The van der Waals surface area contributed by atoms with Crippen molar-refractivity contribution >= 4 is 88.8 Å². The summed E-state index contributed by atoms with van der Waals surface area (Å²) in [4.78, 5) is 69.1. The van der Waals surface area contributed by atoms with Crippen molar-refractivity contribution in [2.45, 2.75) is 44.6 Å². The van der Waals surface area contributed by atoms with E-state index in [1.54, 1.807) is 13.8 Å². The molecule has 1 saturated heterocycles. The van der Waals surface area contributed by atoms with Crippen molar-refractivity contribution in [3.8, 4) is 0 Å². The molecule has 3 heterocycles. The van der Waals surface area contributed by atoms with Crippen LogP contribution >= 0.6 is 47.9 Å². The van der Waals surface area contributed by atoms with Crippen LogP contribution < -0.4 is 11.1 Å². The maximum atomic E-state index is 13.2. The standard InChI is InChI=1S/C22H28N6O10S2.2ClH/c1-9(2)36-22(33)38-10(3)37-19(31)15-11(6-35-21(32)27(4)5)7-39-18-14(17(30)28(15)18)25-16(29)13(26-34)12-8-40-20(23)24-12;;/h8-10,14,18,34H,6-7H2,1-5H3,(H2,23,24)(H,25,29);2*1H/b26-13-;;/t10?,14-,18-;;/m1../s1. The van der Waals surface area contributed by atoms with E-state index in [-0.39, 0.29) is 59.3 Å². The first-order valence-electron chi connectivity index (χ1n) is 11.7. The fourth-order valence-corrected chi connectivity index (χ4v) is 5.34. The smallest absolute Gasteiger partial charge is 0.445 e. The number of nitrogens with zero attached hydrogens (tertiary/aromatic N) is 4. The molecule has 0 bridgehead atoms. The number of nitrogen functional groups attached to an aromatic ring is 1. The Kier molecular flexibility index (Phi) is 13.6. The van der Waals surface area contributed by atoms with Gasteiger partial charge in [0.2, 0.25) is 6.29 Å². The predicted octanol–water partition coefficient (Wildman–Crippen LogP) is 1.55.